The number of benzene rings is 4. The van der Waals surface area contributed by atoms with Crippen LogP contribution in [0, 0.1) is 6.92 Å². The van der Waals surface area contributed by atoms with Gasteiger partial charge in [-0.1, -0.05) is 112 Å². The molecule has 0 aliphatic heterocycles. The molecule has 0 saturated carbocycles. The maximum atomic E-state index is 13.4. The number of rotatable bonds is 7. The molecule has 0 fully saturated rings. The molecular formula is C46H38Cl2F18SiZr. The van der Waals surface area contributed by atoms with Gasteiger partial charge in [0.05, 0.1) is 0 Å². The molecule has 2 radical (unpaired) electrons. The van der Waals surface area contributed by atoms with Crippen LogP contribution in [-0.4, -0.2) is 46.6 Å². The Hall–Kier alpha value is -3.48. The first-order valence-electron chi connectivity index (χ1n) is 19.7. The number of alkyl halides is 18. The Kier molecular flexibility index (Phi) is 19.3. The Labute approximate surface area is 400 Å². The molecule has 0 N–H and O–H groups in total. The van der Waals surface area contributed by atoms with E-state index in [1.807, 2.05) is 38.1 Å². The molecule has 0 aromatic heterocycles. The second kappa shape index (κ2) is 22.3. The van der Waals surface area contributed by atoms with Gasteiger partial charge in [0.25, 0.3) is 10.8 Å². The molecule has 6 rings (SSSR count). The van der Waals surface area contributed by atoms with E-state index in [2.05, 4.69) is 13.1 Å². The molecule has 1 atom stereocenters. The molecule has 0 saturated heterocycles. The van der Waals surface area contributed by atoms with Crippen molar-refractivity contribution in [3.05, 3.63) is 131 Å². The van der Waals surface area contributed by atoms with Gasteiger partial charge < -0.3 is 0 Å². The summed E-state index contributed by atoms with van der Waals surface area (Å²) in [6.07, 6.45) is -37.9. The zero-order valence-electron chi connectivity index (χ0n) is 35.9. The maximum absolute atomic E-state index is 13.4. The van der Waals surface area contributed by atoms with Gasteiger partial charge >= 0.3 is 74.9 Å². The van der Waals surface area contributed by atoms with Gasteiger partial charge in [0, 0.05) is 9.52 Å². The number of aryl methyl sites for hydroxylation is 1. The van der Waals surface area contributed by atoms with Crippen LogP contribution >= 0.6 is 17.0 Å². The van der Waals surface area contributed by atoms with Crippen LogP contribution in [0.3, 0.4) is 0 Å². The fourth-order valence-electron chi connectivity index (χ4n) is 7.78. The van der Waals surface area contributed by atoms with Crippen molar-refractivity contribution in [3.63, 3.8) is 0 Å². The summed E-state index contributed by atoms with van der Waals surface area (Å²) < 4.78 is 240. The fraction of sp³-hybridized carbons (Fsp3) is 0.348. The molecule has 0 aliphatic rings. The van der Waals surface area contributed by atoms with E-state index in [1.54, 1.807) is 43.3 Å². The topological polar surface area (TPSA) is 0 Å². The number of hydrogen-bond acceptors (Lipinski definition) is 0. The van der Waals surface area contributed by atoms with Crippen molar-refractivity contribution in [1.29, 1.82) is 0 Å². The molecule has 6 aromatic carbocycles. The average Bonchev–Trinajstić information content (AvgIpc) is 3.80. The minimum absolute atomic E-state index is 0.199. The van der Waals surface area contributed by atoms with E-state index in [0.717, 1.165) is 73.9 Å². The molecule has 0 spiro atoms. The van der Waals surface area contributed by atoms with Crippen molar-refractivity contribution in [2.75, 3.05) is 0 Å². The molecule has 0 amide bonds. The summed E-state index contributed by atoms with van der Waals surface area (Å²) in [5.74, 6) is 0.239. The van der Waals surface area contributed by atoms with Crippen molar-refractivity contribution in [1.82, 2.24) is 0 Å². The quantitative estimate of drug-likeness (QED) is 0.0849. The van der Waals surface area contributed by atoms with Gasteiger partial charge in [-0.15, -0.1) is 69.1 Å². The van der Waals surface area contributed by atoms with Gasteiger partial charge in [0.15, 0.2) is 0 Å². The monoisotopic (exact) mass is 1120 g/mol. The summed E-state index contributed by atoms with van der Waals surface area (Å²) in [4.78, 5) is 0. The van der Waals surface area contributed by atoms with Crippen LogP contribution in [0.4, 0.5) is 79.0 Å². The van der Waals surface area contributed by atoms with Gasteiger partial charge in [-0.25, -0.2) is 0 Å². The Bertz CT molecular complexity index is 2450. The van der Waals surface area contributed by atoms with E-state index in [1.165, 1.54) is 0 Å². The zero-order chi connectivity index (χ0) is 52.1. The molecule has 1 unspecified atom stereocenters. The van der Waals surface area contributed by atoms with Crippen LogP contribution in [0.15, 0.2) is 109 Å². The van der Waals surface area contributed by atoms with E-state index in [-0.39, 0.29) is 41.3 Å². The van der Waals surface area contributed by atoms with Crippen molar-refractivity contribution < 1.29 is 99.9 Å². The second-order valence-electron chi connectivity index (χ2n) is 15.3. The predicted octanol–water partition coefficient (Wildman–Crippen LogP) is 18.7. The van der Waals surface area contributed by atoms with E-state index in [4.69, 9.17) is 17.0 Å². The van der Waals surface area contributed by atoms with E-state index in [9.17, 15) is 79.0 Å². The molecule has 0 heterocycles. The Morgan fingerprint density at radius 3 is 1.13 bits per heavy atom. The third-order valence-electron chi connectivity index (χ3n) is 10.8. The Balaban J connectivity index is 0.000000325. The minimum atomic E-state index is -6.64. The van der Waals surface area contributed by atoms with Crippen molar-refractivity contribution in [2.24, 2.45) is 0 Å². The third-order valence-corrected chi connectivity index (χ3v) is 10.8. The second-order valence-corrected chi connectivity index (χ2v) is 20.1. The third kappa shape index (κ3) is 11.8. The van der Waals surface area contributed by atoms with Crippen LogP contribution in [0.25, 0.3) is 43.8 Å². The molecule has 370 valence electrons. The van der Waals surface area contributed by atoms with Crippen LogP contribution < -0.4 is 0 Å². The molecule has 68 heavy (non-hydrogen) atoms. The van der Waals surface area contributed by atoms with Crippen LogP contribution in [0.5, 0.6) is 0 Å². The number of hydrogen-bond donors (Lipinski definition) is 0. The molecule has 22 heteroatoms. The van der Waals surface area contributed by atoms with E-state index >= 15 is 0 Å². The van der Waals surface area contributed by atoms with Crippen LogP contribution in [0.2, 0.25) is 13.1 Å². The number of fused-ring (bicyclic) bond motifs is 2. The van der Waals surface area contributed by atoms with Gasteiger partial charge in [-0.2, -0.15) is 91.2 Å². The Morgan fingerprint density at radius 2 is 0.824 bits per heavy atom. The van der Waals surface area contributed by atoms with Crippen LogP contribution in [-0.2, 0) is 31.7 Å². The zero-order valence-corrected chi connectivity index (χ0v) is 40.9. The van der Waals surface area contributed by atoms with Crippen LogP contribution in [0.1, 0.15) is 54.9 Å². The summed E-state index contributed by atoms with van der Waals surface area (Å²) in [5.41, 5.74) is -12.5. The first-order valence-corrected chi connectivity index (χ1v) is 28.0. The molecular weight excluding hydrogens is 1080 g/mol. The van der Waals surface area contributed by atoms with Gasteiger partial charge in [-0.3, -0.25) is 0 Å². The summed E-state index contributed by atoms with van der Waals surface area (Å²) >= 11 is -0.826. The molecule has 0 nitrogen and oxygen atoms in total. The molecule has 6 aromatic rings. The van der Waals surface area contributed by atoms with Crippen molar-refractivity contribution in [2.45, 2.75) is 101 Å². The first-order chi connectivity index (χ1) is 31.2. The summed E-state index contributed by atoms with van der Waals surface area (Å²) in [7, 11) is 11.0. The van der Waals surface area contributed by atoms with Gasteiger partial charge in [0.1, 0.15) is 0 Å². The predicted molar refractivity (Wildman–Crippen MR) is 227 cm³/mol. The molecule has 0 bridgehead atoms. The van der Waals surface area contributed by atoms with Crippen molar-refractivity contribution >= 4 is 48.1 Å². The standard InChI is InChI=1S/C24H20F9.C20H12F9.C2H6Si.2ClH.Zr/c1-3-5-14(2)17-12-16-6-4-7-19(20(16)13-17)15-8-10-18(11-9-15)21(22(25,26)27,23(28,29)30)24(31,32)33;1-11-9-13-3-2-4-15(16(13)10-11)12-5-7-14(8-6-12)17(18(21,22)23,19(24,25)26)20(27,28)29;1-3-2;;;/h4,6-14H,3,5H2,1-2H3;2-10H,1H3;1-2H3;2*1H;/q2*-1;;;;+4/p-2. The van der Waals surface area contributed by atoms with Gasteiger partial charge in [-0.05, 0) is 34.6 Å². The normalized spacial score (nSPS) is 13.4. The number of halogens is 20. The molecule has 0 aliphatic carbocycles. The average molecular weight is 1120 g/mol. The van der Waals surface area contributed by atoms with Crippen molar-refractivity contribution in [3.8, 4) is 22.3 Å². The summed E-state index contributed by atoms with van der Waals surface area (Å²) in [6, 6.07) is 21.9. The van der Waals surface area contributed by atoms with Gasteiger partial charge in [0.2, 0.25) is 0 Å². The summed E-state index contributed by atoms with van der Waals surface area (Å²) in [6.45, 7) is 10.2. The SMILES string of the molecule is CCCC(C)c1cc2c(-c3ccc(C(C(F)(F)F)(C(F)(F)F)C(F)(F)F)cc3)cccc2[cH-]1.C[Si]C.Cc1cc2c(-c3ccc(C(C(F)(F)F)(C(F)(F)F)C(F)(F)F)cc3)cccc2[cH-]1.[Cl][Zr+2][Cl]. The van der Waals surface area contributed by atoms with E-state index < -0.39 is 79.9 Å². The fourth-order valence-corrected chi connectivity index (χ4v) is 7.78. The Morgan fingerprint density at radius 1 is 0.515 bits per heavy atom. The first kappa shape index (κ1) is 58.8. The van der Waals surface area contributed by atoms with E-state index in [0.29, 0.717) is 16.5 Å². The summed E-state index contributed by atoms with van der Waals surface area (Å²) in [5, 5.41) is 3.02.